The Balaban J connectivity index is 2.26. The maximum absolute atomic E-state index is 11.2. The van der Waals surface area contributed by atoms with Crippen molar-refractivity contribution in [2.75, 3.05) is 6.61 Å². The maximum Gasteiger partial charge on any atom is 0.364 e. The lowest BCUT2D eigenvalue weighted by molar-refractivity contribution is 0.232. The van der Waals surface area contributed by atoms with Gasteiger partial charge in [0.1, 0.15) is 6.61 Å². The SMILES string of the molecule is CC(C)(N)COc1ccc2n[nH]c(=O)n2n1. The highest BCUT2D eigenvalue weighted by Crippen LogP contribution is 2.07. The highest BCUT2D eigenvalue weighted by molar-refractivity contribution is 5.35. The monoisotopic (exact) mass is 223 g/mol. The number of hydrogen-bond donors (Lipinski definition) is 2. The zero-order valence-corrected chi connectivity index (χ0v) is 9.10. The third-order valence-electron chi connectivity index (χ3n) is 1.84. The summed E-state index contributed by atoms with van der Waals surface area (Å²) in [7, 11) is 0. The third-order valence-corrected chi connectivity index (χ3v) is 1.84. The van der Waals surface area contributed by atoms with Gasteiger partial charge in [-0.1, -0.05) is 0 Å². The number of aromatic amines is 1. The first-order valence-electron chi connectivity index (χ1n) is 4.82. The number of hydrogen-bond acceptors (Lipinski definition) is 5. The van der Waals surface area contributed by atoms with Crippen LogP contribution in [0.2, 0.25) is 0 Å². The normalized spacial score (nSPS) is 11.9. The lowest BCUT2D eigenvalue weighted by atomic mass is 10.1. The van der Waals surface area contributed by atoms with Crippen molar-refractivity contribution in [1.82, 2.24) is 19.8 Å². The topological polar surface area (TPSA) is 98.3 Å². The molecule has 2 aromatic rings. The zero-order valence-electron chi connectivity index (χ0n) is 9.10. The molecular formula is C9H13N5O2. The van der Waals surface area contributed by atoms with Gasteiger partial charge >= 0.3 is 5.69 Å². The first-order valence-corrected chi connectivity index (χ1v) is 4.82. The molecule has 3 N–H and O–H groups in total. The van der Waals surface area contributed by atoms with Gasteiger partial charge in [0.25, 0.3) is 0 Å². The summed E-state index contributed by atoms with van der Waals surface area (Å²) in [5.41, 5.74) is 5.37. The molecule has 2 heterocycles. The summed E-state index contributed by atoms with van der Waals surface area (Å²) in [6.07, 6.45) is 0. The molecule has 0 amide bonds. The number of nitrogens with zero attached hydrogens (tertiary/aromatic N) is 3. The van der Waals surface area contributed by atoms with Gasteiger partial charge < -0.3 is 10.5 Å². The standard InChI is InChI=1S/C9H13N5O2/c1-9(2,10)5-16-7-4-3-6-11-12-8(15)14(6)13-7/h3-4H,5,10H2,1-2H3,(H,12,15). The van der Waals surface area contributed by atoms with Crippen molar-refractivity contribution < 1.29 is 4.74 Å². The molecule has 0 saturated heterocycles. The first-order chi connectivity index (χ1) is 7.46. The van der Waals surface area contributed by atoms with Crippen LogP contribution in [0.5, 0.6) is 5.88 Å². The molecule has 16 heavy (non-hydrogen) atoms. The van der Waals surface area contributed by atoms with E-state index in [-0.39, 0.29) is 0 Å². The van der Waals surface area contributed by atoms with E-state index in [1.165, 1.54) is 0 Å². The van der Waals surface area contributed by atoms with Gasteiger partial charge in [-0.25, -0.2) is 9.89 Å². The van der Waals surface area contributed by atoms with E-state index in [1.807, 2.05) is 13.8 Å². The average Bonchev–Trinajstić information content (AvgIpc) is 2.56. The van der Waals surface area contributed by atoms with Gasteiger partial charge in [0.15, 0.2) is 5.65 Å². The van der Waals surface area contributed by atoms with Crippen LogP contribution in [0.25, 0.3) is 5.65 Å². The molecule has 7 nitrogen and oxygen atoms in total. The van der Waals surface area contributed by atoms with E-state index in [0.717, 1.165) is 4.52 Å². The lowest BCUT2D eigenvalue weighted by Crippen LogP contribution is -2.38. The second kappa shape index (κ2) is 3.60. The average molecular weight is 223 g/mol. The predicted molar refractivity (Wildman–Crippen MR) is 57.4 cm³/mol. The molecule has 0 atom stereocenters. The molecule has 0 unspecified atom stereocenters. The zero-order chi connectivity index (χ0) is 11.8. The van der Waals surface area contributed by atoms with Gasteiger partial charge in [-0.2, -0.15) is 9.61 Å². The second-order valence-electron chi connectivity index (χ2n) is 4.25. The van der Waals surface area contributed by atoms with Gasteiger partial charge in [0, 0.05) is 11.6 Å². The van der Waals surface area contributed by atoms with Crippen LogP contribution < -0.4 is 16.2 Å². The van der Waals surface area contributed by atoms with E-state index in [1.54, 1.807) is 12.1 Å². The molecule has 0 bridgehead atoms. The summed E-state index contributed by atoms with van der Waals surface area (Å²) in [6.45, 7) is 4.00. The van der Waals surface area contributed by atoms with E-state index in [2.05, 4.69) is 15.3 Å². The van der Waals surface area contributed by atoms with Crippen molar-refractivity contribution in [2.45, 2.75) is 19.4 Å². The van der Waals surface area contributed by atoms with Crippen LogP contribution in [0.4, 0.5) is 0 Å². The van der Waals surface area contributed by atoms with Crippen molar-refractivity contribution in [2.24, 2.45) is 5.73 Å². The molecule has 7 heteroatoms. The Hall–Kier alpha value is -1.89. The van der Waals surface area contributed by atoms with E-state index in [9.17, 15) is 4.79 Å². The number of aromatic nitrogens is 4. The van der Waals surface area contributed by atoms with Crippen molar-refractivity contribution in [3.05, 3.63) is 22.6 Å². The van der Waals surface area contributed by atoms with Crippen LogP contribution >= 0.6 is 0 Å². The fraction of sp³-hybridized carbons (Fsp3) is 0.444. The molecule has 2 aromatic heterocycles. The van der Waals surface area contributed by atoms with Crippen LogP contribution in [0.3, 0.4) is 0 Å². The molecule has 0 aromatic carbocycles. The van der Waals surface area contributed by atoms with E-state index in [4.69, 9.17) is 10.5 Å². The Kier molecular flexibility index (Phi) is 2.39. The molecular weight excluding hydrogens is 210 g/mol. The van der Waals surface area contributed by atoms with Crippen LogP contribution in [0.1, 0.15) is 13.8 Å². The molecule has 0 aliphatic heterocycles. The number of nitrogens with one attached hydrogen (secondary N) is 1. The molecule has 0 aliphatic carbocycles. The highest BCUT2D eigenvalue weighted by Gasteiger charge is 2.12. The molecule has 86 valence electrons. The minimum Gasteiger partial charge on any atom is -0.475 e. The van der Waals surface area contributed by atoms with Crippen LogP contribution in [-0.4, -0.2) is 32.0 Å². The summed E-state index contributed by atoms with van der Waals surface area (Å²) in [6, 6.07) is 3.28. The predicted octanol–water partition coefficient (Wildman–Crippen LogP) is -0.466. The summed E-state index contributed by atoms with van der Waals surface area (Å²) in [4.78, 5) is 11.2. The number of fused-ring (bicyclic) bond motifs is 1. The fourth-order valence-corrected chi connectivity index (χ4v) is 1.12. The number of ether oxygens (including phenoxy) is 1. The van der Waals surface area contributed by atoms with Gasteiger partial charge in [-0.15, -0.1) is 5.10 Å². The van der Waals surface area contributed by atoms with Gasteiger partial charge in [0.2, 0.25) is 5.88 Å². The Bertz CT molecular complexity index is 551. The Morgan fingerprint density at radius 1 is 1.56 bits per heavy atom. The quantitative estimate of drug-likeness (QED) is 0.733. The van der Waals surface area contributed by atoms with Crippen molar-refractivity contribution in [3.8, 4) is 5.88 Å². The van der Waals surface area contributed by atoms with Crippen LogP contribution in [0, 0.1) is 0 Å². The van der Waals surface area contributed by atoms with Crippen LogP contribution in [-0.2, 0) is 0 Å². The Labute approximate surface area is 91.2 Å². The van der Waals surface area contributed by atoms with E-state index in [0.29, 0.717) is 18.1 Å². The minimum absolute atomic E-state index is 0.318. The van der Waals surface area contributed by atoms with Crippen molar-refractivity contribution in [1.29, 1.82) is 0 Å². The van der Waals surface area contributed by atoms with Gasteiger partial charge in [0.05, 0.1) is 0 Å². The smallest absolute Gasteiger partial charge is 0.364 e. The summed E-state index contributed by atoms with van der Waals surface area (Å²) >= 11 is 0. The fourth-order valence-electron chi connectivity index (χ4n) is 1.12. The molecule has 0 spiro atoms. The lowest BCUT2D eigenvalue weighted by Gasteiger charge is -2.18. The summed E-state index contributed by atoms with van der Waals surface area (Å²) < 4.78 is 6.50. The summed E-state index contributed by atoms with van der Waals surface area (Å²) in [5.74, 6) is 0.342. The van der Waals surface area contributed by atoms with Crippen LogP contribution in [0.15, 0.2) is 16.9 Å². The Morgan fingerprint density at radius 2 is 2.31 bits per heavy atom. The number of rotatable bonds is 3. The number of nitrogens with two attached hydrogens (primary N) is 1. The second-order valence-corrected chi connectivity index (χ2v) is 4.25. The van der Waals surface area contributed by atoms with E-state index < -0.39 is 11.2 Å². The highest BCUT2D eigenvalue weighted by atomic mass is 16.5. The number of H-pyrrole nitrogens is 1. The molecule has 0 aliphatic rings. The first kappa shape index (κ1) is 10.6. The molecule has 2 rings (SSSR count). The molecule has 0 radical (unpaired) electrons. The van der Waals surface area contributed by atoms with Crippen molar-refractivity contribution in [3.63, 3.8) is 0 Å². The molecule has 0 saturated carbocycles. The Morgan fingerprint density at radius 3 is 3.00 bits per heavy atom. The van der Waals surface area contributed by atoms with Gasteiger partial charge in [-0.3, -0.25) is 0 Å². The minimum atomic E-state index is -0.446. The van der Waals surface area contributed by atoms with Gasteiger partial charge in [-0.05, 0) is 19.9 Å². The maximum atomic E-state index is 11.2. The summed E-state index contributed by atoms with van der Waals surface area (Å²) in [5, 5.41) is 10.0. The third kappa shape index (κ3) is 2.19. The van der Waals surface area contributed by atoms with Crippen molar-refractivity contribution >= 4 is 5.65 Å². The largest absolute Gasteiger partial charge is 0.475 e. The molecule has 0 fully saturated rings. The van der Waals surface area contributed by atoms with E-state index >= 15 is 0 Å².